The monoisotopic (exact) mass is 260 g/mol. The predicted octanol–water partition coefficient (Wildman–Crippen LogP) is 2.66. The summed E-state index contributed by atoms with van der Waals surface area (Å²) in [6, 6.07) is 6.82. The van der Waals surface area contributed by atoms with Crippen molar-refractivity contribution in [3.05, 3.63) is 23.8 Å². The molecule has 0 atom stereocenters. The minimum absolute atomic E-state index is 0.583. The highest BCUT2D eigenvalue weighted by Gasteiger charge is 2.10. The fourth-order valence-electron chi connectivity index (χ4n) is 2.28. The smallest absolute Gasteiger partial charge is 0.201 e. The average Bonchev–Trinajstić information content (AvgIpc) is 2.68. The van der Waals surface area contributed by atoms with Crippen LogP contribution in [0, 0.1) is 6.92 Å². The van der Waals surface area contributed by atoms with E-state index in [-0.39, 0.29) is 0 Å². The molecule has 0 spiro atoms. The number of anilines is 1. The van der Waals surface area contributed by atoms with Crippen LogP contribution < -0.4 is 5.73 Å². The number of nitrogens with zero attached hydrogens (tertiary/aromatic N) is 3. The van der Waals surface area contributed by atoms with E-state index in [0.29, 0.717) is 12.0 Å². The first-order valence-electron chi connectivity index (χ1n) is 6.92. The Morgan fingerprint density at radius 2 is 2.11 bits per heavy atom. The number of para-hydroxylation sites is 1. The van der Waals surface area contributed by atoms with Crippen molar-refractivity contribution in [2.75, 3.05) is 19.3 Å². The Labute approximate surface area is 115 Å². The van der Waals surface area contributed by atoms with Crippen LogP contribution in [-0.4, -0.2) is 34.1 Å². The highest BCUT2D eigenvalue weighted by atomic mass is 15.2. The van der Waals surface area contributed by atoms with Gasteiger partial charge in [0.15, 0.2) is 0 Å². The molecule has 2 aromatic rings. The summed E-state index contributed by atoms with van der Waals surface area (Å²) in [6.07, 6.45) is 1.08. The van der Waals surface area contributed by atoms with Crippen molar-refractivity contribution in [1.29, 1.82) is 0 Å². The molecule has 0 bridgehead atoms. The molecule has 1 heterocycles. The van der Waals surface area contributed by atoms with Crippen molar-refractivity contribution in [1.82, 2.24) is 14.5 Å². The molecule has 0 aliphatic carbocycles. The van der Waals surface area contributed by atoms with Gasteiger partial charge in [0.25, 0.3) is 0 Å². The Morgan fingerprint density at radius 1 is 1.37 bits per heavy atom. The number of imidazole rings is 1. The third-order valence-electron chi connectivity index (χ3n) is 3.78. The van der Waals surface area contributed by atoms with Gasteiger partial charge >= 0.3 is 0 Å². The first kappa shape index (κ1) is 13.9. The zero-order chi connectivity index (χ0) is 14.0. The maximum atomic E-state index is 6.04. The fraction of sp³-hybridized carbons (Fsp3) is 0.533. The molecule has 0 radical (unpaired) electrons. The number of aryl methyl sites for hydroxylation is 2. The number of fused-ring (bicyclic) bond motifs is 1. The van der Waals surface area contributed by atoms with Gasteiger partial charge in [-0.3, -0.25) is 0 Å². The third kappa shape index (κ3) is 2.89. The van der Waals surface area contributed by atoms with Crippen LogP contribution in [0.5, 0.6) is 0 Å². The molecular weight excluding hydrogens is 236 g/mol. The second-order valence-corrected chi connectivity index (χ2v) is 5.49. The largest absolute Gasteiger partial charge is 0.369 e. The number of hydrogen-bond donors (Lipinski definition) is 1. The van der Waals surface area contributed by atoms with Crippen LogP contribution in [0.4, 0.5) is 5.95 Å². The topological polar surface area (TPSA) is 47.1 Å². The van der Waals surface area contributed by atoms with E-state index in [2.05, 4.69) is 60.5 Å². The minimum Gasteiger partial charge on any atom is -0.369 e. The summed E-state index contributed by atoms with van der Waals surface area (Å²) in [7, 11) is 2.16. The lowest BCUT2D eigenvalue weighted by atomic mass is 10.2. The van der Waals surface area contributed by atoms with Gasteiger partial charge in [0.1, 0.15) is 0 Å². The maximum Gasteiger partial charge on any atom is 0.201 e. The van der Waals surface area contributed by atoms with Crippen LogP contribution in [0.3, 0.4) is 0 Å². The molecule has 2 rings (SSSR count). The van der Waals surface area contributed by atoms with Gasteiger partial charge in [-0.05, 0) is 52.4 Å². The van der Waals surface area contributed by atoms with Crippen LogP contribution in [0.1, 0.15) is 25.8 Å². The zero-order valence-corrected chi connectivity index (χ0v) is 12.3. The van der Waals surface area contributed by atoms with E-state index in [0.717, 1.165) is 30.5 Å². The van der Waals surface area contributed by atoms with Gasteiger partial charge in [0, 0.05) is 12.6 Å². The van der Waals surface area contributed by atoms with Gasteiger partial charge in [-0.15, -0.1) is 0 Å². The van der Waals surface area contributed by atoms with E-state index >= 15 is 0 Å². The predicted molar refractivity (Wildman–Crippen MR) is 81.3 cm³/mol. The van der Waals surface area contributed by atoms with Crippen molar-refractivity contribution in [3.63, 3.8) is 0 Å². The van der Waals surface area contributed by atoms with E-state index < -0.39 is 0 Å². The summed E-state index contributed by atoms with van der Waals surface area (Å²) in [6.45, 7) is 8.49. The van der Waals surface area contributed by atoms with Gasteiger partial charge in [0.2, 0.25) is 5.95 Å². The normalized spacial score (nSPS) is 11.9. The number of nitrogens with two attached hydrogens (primary N) is 1. The first-order chi connectivity index (χ1) is 9.00. The van der Waals surface area contributed by atoms with E-state index in [4.69, 9.17) is 5.73 Å². The summed E-state index contributed by atoms with van der Waals surface area (Å²) < 4.78 is 2.12. The van der Waals surface area contributed by atoms with E-state index in [1.54, 1.807) is 0 Å². The molecule has 104 valence electrons. The molecule has 19 heavy (non-hydrogen) atoms. The van der Waals surface area contributed by atoms with Crippen LogP contribution in [-0.2, 0) is 6.54 Å². The van der Waals surface area contributed by atoms with Crippen LogP contribution in [0.25, 0.3) is 11.0 Å². The molecule has 0 unspecified atom stereocenters. The van der Waals surface area contributed by atoms with E-state index in [1.807, 2.05) is 0 Å². The molecule has 0 aliphatic heterocycles. The molecule has 0 saturated carbocycles. The number of hydrogen-bond acceptors (Lipinski definition) is 3. The first-order valence-corrected chi connectivity index (χ1v) is 6.92. The third-order valence-corrected chi connectivity index (χ3v) is 3.78. The van der Waals surface area contributed by atoms with Crippen molar-refractivity contribution < 1.29 is 0 Å². The molecule has 0 saturated heterocycles. The number of nitrogen functional groups attached to an aromatic ring is 1. The molecule has 1 aromatic heterocycles. The van der Waals surface area contributed by atoms with Crippen LogP contribution in [0.15, 0.2) is 18.2 Å². The molecule has 0 fully saturated rings. The molecule has 0 amide bonds. The Bertz CT molecular complexity index is 557. The minimum atomic E-state index is 0.583. The Balaban J connectivity index is 2.13. The van der Waals surface area contributed by atoms with Crippen molar-refractivity contribution in [3.8, 4) is 0 Å². The molecular formula is C15H24N4. The zero-order valence-electron chi connectivity index (χ0n) is 12.3. The lowest BCUT2D eigenvalue weighted by Gasteiger charge is -2.21. The molecule has 2 N–H and O–H groups in total. The SMILES string of the molecule is Cc1cccc2c1nc(N)n2CCCN(C)C(C)C. The highest BCUT2D eigenvalue weighted by molar-refractivity contribution is 5.81. The Kier molecular flexibility index (Phi) is 4.10. The second kappa shape index (κ2) is 5.61. The summed E-state index contributed by atoms with van der Waals surface area (Å²) in [5.41, 5.74) is 9.39. The summed E-state index contributed by atoms with van der Waals surface area (Å²) in [5.74, 6) is 0.622. The molecule has 4 nitrogen and oxygen atoms in total. The second-order valence-electron chi connectivity index (χ2n) is 5.49. The summed E-state index contributed by atoms with van der Waals surface area (Å²) >= 11 is 0. The van der Waals surface area contributed by atoms with Gasteiger partial charge in [-0.1, -0.05) is 12.1 Å². The molecule has 1 aromatic carbocycles. The number of aromatic nitrogens is 2. The van der Waals surface area contributed by atoms with Gasteiger partial charge < -0.3 is 15.2 Å². The van der Waals surface area contributed by atoms with Crippen LogP contribution >= 0.6 is 0 Å². The lowest BCUT2D eigenvalue weighted by Crippen LogP contribution is -2.28. The van der Waals surface area contributed by atoms with Crippen LogP contribution in [0.2, 0.25) is 0 Å². The van der Waals surface area contributed by atoms with Gasteiger partial charge in [-0.2, -0.15) is 0 Å². The lowest BCUT2D eigenvalue weighted by molar-refractivity contribution is 0.266. The van der Waals surface area contributed by atoms with E-state index in [9.17, 15) is 0 Å². The van der Waals surface area contributed by atoms with Gasteiger partial charge in [0.05, 0.1) is 11.0 Å². The van der Waals surface area contributed by atoms with E-state index in [1.165, 1.54) is 5.56 Å². The summed E-state index contributed by atoms with van der Waals surface area (Å²) in [5, 5.41) is 0. The molecule has 4 heteroatoms. The van der Waals surface area contributed by atoms with Gasteiger partial charge in [-0.25, -0.2) is 4.98 Å². The Morgan fingerprint density at radius 3 is 2.79 bits per heavy atom. The molecule has 0 aliphatic rings. The number of rotatable bonds is 5. The average molecular weight is 260 g/mol. The Hall–Kier alpha value is -1.55. The standard InChI is InChI=1S/C15H24N4/c1-11(2)18(4)9-6-10-19-13-8-5-7-12(3)14(13)17-15(19)16/h5,7-8,11H,6,9-10H2,1-4H3,(H2,16,17). The fourth-order valence-corrected chi connectivity index (χ4v) is 2.28. The quantitative estimate of drug-likeness (QED) is 0.899. The van der Waals surface area contributed by atoms with Crippen molar-refractivity contribution >= 4 is 17.0 Å². The van der Waals surface area contributed by atoms with Crippen molar-refractivity contribution in [2.24, 2.45) is 0 Å². The number of benzene rings is 1. The highest BCUT2D eigenvalue weighted by Crippen LogP contribution is 2.21. The summed E-state index contributed by atoms with van der Waals surface area (Å²) in [4.78, 5) is 6.82. The maximum absolute atomic E-state index is 6.04. The van der Waals surface area contributed by atoms with Crippen molar-refractivity contribution in [2.45, 2.75) is 39.8 Å².